The van der Waals surface area contributed by atoms with E-state index in [0.29, 0.717) is 0 Å². The van der Waals surface area contributed by atoms with Gasteiger partial charge >= 0.3 is 10.2 Å². The van der Waals surface area contributed by atoms with Gasteiger partial charge in [0.2, 0.25) is 0 Å². The second-order valence-corrected chi connectivity index (χ2v) is 4.48. The highest BCUT2D eigenvalue weighted by molar-refractivity contribution is 7.88. The zero-order valence-corrected chi connectivity index (χ0v) is 8.72. The molecule has 0 saturated carbocycles. The second-order valence-electron chi connectivity index (χ2n) is 3.14. The topological polar surface area (TPSA) is 123 Å². The molecule has 0 saturated heterocycles. The molecular weight excluding hydrogens is 206 g/mol. The van der Waals surface area contributed by atoms with Crippen molar-refractivity contribution < 1.29 is 8.42 Å². The Balaban J connectivity index is 3.04. The average molecular weight is 219 g/mol. The molecule has 0 fully saturated rings. The minimum Gasteiger partial charge on any atom is -0.393 e. The maximum Gasteiger partial charge on any atom is 0.345 e. The van der Waals surface area contributed by atoms with E-state index >= 15 is 0 Å². The van der Waals surface area contributed by atoms with Gasteiger partial charge in [-0.05, 0) is 13.8 Å². The summed E-state index contributed by atoms with van der Waals surface area (Å²) in [5.74, 6) is -0.0283. The van der Waals surface area contributed by atoms with Gasteiger partial charge in [-0.3, -0.25) is 0 Å². The van der Waals surface area contributed by atoms with Crippen molar-refractivity contribution in [1.82, 2.24) is 10.0 Å². The zero-order valence-electron chi connectivity index (χ0n) is 7.90. The van der Waals surface area contributed by atoms with Gasteiger partial charge in [0.15, 0.2) is 5.84 Å². The lowest BCUT2D eigenvalue weighted by Gasteiger charge is -2.20. The largest absolute Gasteiger partial charge is 0.393 e. The molecule has 0 aliphatic carbocycles. The predicted molar refractivity (Wildman–Crippen MR) is 53.2 cm³/mol. The van der Waals surface area contributed by atoms with Gasteiger partial charge in [0.25, 0.3) is 0 Å². The van der Waals surface area contributed by atoms with Crippen LogP contribution in [0.4, 0.5) is 0 Å². The summed E-state index contributed by atoms with van der Waals surface area (Å²) in [7, 11) is -3.75. The van der Waals surface area contributed by atoms with E-state index in [4.69, 9.17) is 11.5 Å². The van der Waals surface area contributed by atoms with Crippen molar-refractivity contribution in [2.24, 2.45) is 15.9 Å². The number of nitrogens with one attached hydrogen (secondary N) is 2. The lowest BCUT2D eigenvalue weighted by Crippen LogP contribution is -2.43. The van der Waals surface area contributed by atoms with Crippen LogP contribution >= 0.6 is 0 Å². The minimum absolute atomic E-state index is 0.0390. The van der Waals surface area contributed by atoms with Crippen molar-refractivity contribution in [1.29, 1.82) is 0 Å². The summed E-state index contributed by atoms with van der Waals surface area (Å²) in [6.07, 6.45) is 0. The Morgan fingerprint density at radius 2 is 2.00 bits per heavy atom. The fourth-order valence-electron chi connectivity index (χ4n) is 0.909. The molecular formula is C6H13N5O2S. The standard InChI is InChI=1S/C6H13N5O2S/c1-3(2)9-6-4(7)5(8)10-14(12,13)11-6/h3,9,11H,7H2,1-2H3,(H2,8,10). The third-order valence-electron chi connectivity index (χ3n) is 1.43. The molecule has 0 atom stereocenters. The molecule has 0 amide bonds. The molecule has 8 heteroatoms. The molecule has 0 bridgehead atoms. The van der Waals surface area contributed by atoms with Crippen molar-refractivity contribution in [3.8, 4) is 0 Å². The average Bonchev–Trinajstić information content (AvgIpc) is 1.97. The van der Waals surface area contributed by atoms with Gasteiger partial charge in [0.05, 0.1) is 0 Å². The van der Waals surface area contributed by atoms with Crippen LogP contribution in [0.1, 0.15) is 13.8 Å². The van der Waals surface area contributed by atoms with Crippen molar-refractivity contribution in [3.05, 3.63) is 11.5 Å². The Morgan fingerprint density at radius 3 is 2.50 bits per heavy atom. The number of nitrogens with two attached hydrogens (primary N) is 2. The fraction of sp³-hybridized carbons (Fsp3) is 0.500. The van der Waals surface area contributed by atoms with Gasteiger partial charge in [-0.1, -0.05) is 0 Å². The molecule has 0 aromatic carbocycles. The molecule has 80 valence electrons. The molecule has 14 heavy (non-hydrogen) atoms. The van der Waals surface area contributed by atoms with Crippen LogP contribution in [0.5, 0.6) is 0 Å². The van der Waals surface area contributed by atoms with Crippen LogP contribution in [0.2, 0.25) is 0 Å². The summed E-state index contributed by atoms with van der Waals surface area (Å²) in [6, 6.07) is 0.0390. The first-order valence-corrected chi connectivity index (χ1v) is 5.40. The molecule has 1 rings (SSSR count). The normalized spacial score (nSPS) is 20.4. The van der Waals surface area contributed by atoms with E-state index in [9.17, 15) is 8.42 Å². The lowest BCUT2D eigenvalue weighted by atomic mass is 10.3. The minimum atomic E-state index is -3.75. The van der Waals surface area contributed by atoms with Gasteiger partial charge < -0.3 is 16.8 Å². The number of nitrogens with zero attached hydrogens (tertiary/aromatic N) is 1. The Kier molecular flexibility index (Phi) is 2.56. The zero-order chi connectivity index (χ0) is 10.9. The quantitative estimate of drug-likeness (QED) is 0.441. The molecule has 0 aromatic rings. The fourth-order valence-corrected chi connectivity index (χ4v) is 1.74. The van der Waals surface area contributed by atoms with Crippen molar-refractivity contribution in [3.63, 3.8) is 0 Å². The van der Waals surface area contributed by atoms with E-state index in [2.05, 4.69) is 14.4 Å². The van der Waals surface area contributed by atoms with Crippen LogP contribution in [0.15, 0.2) is 15.9 Å². The van der Waals surface area contributed by atoms with Crippen molar-refractivity contribution in [2.75, 3.05) is 0 Å². The Morgan fingerprint density at radius 1 is 1.43 bits per heavy atom. The summed E-state index contributed by atoms with van der Waals surface area (Å²) >= 11 is 0. The molecule has 6 N–H and O–H groups in total. The SMILES string of the molecule is CC(C)NC1=C(N)C(N)=NS(=O)(=O)N1. The Bertz CT molecular complexity index is 394. The van der Waals surface area contributed by atoms with Crippen molar-refractivity contribution in [2.45, 2.75) is 19.9 Å². The van der Waals surface area contributed by atoms with Gasteiger partial charge in [-0.15, -0.1) is 4.40 Å². The Hall–Kier alpha value is -1.44. The Labute approximate surface area is 82.4 Å². The molecule has 0 spiro atoms. The van der Waals surface area contributed by atoms with Crippen LogP contribution < -0.4 is 21.5 Å². The summed E-state index contributed by atoms with van der Waals surface area (Å²) in [5, 5.41) is 2.82. The first kappa shape index (κ1) is 10.6. The van der Waals surface area contributed by atoms with Gasteiger partial charge in [-0.2, -0.15) is 8.42 Å². The number of hydrogen-bond donors (Lipinski definition) is 4. The lowest BCUT2D eigenvalue weighted by molar-refractivity contribution is 0.576. The number of amidine groups is 1. The van der Waals surface area contributed by atoms with E-state index in [1.807, 2.05) is 13.8 Å². The first-order valence-electron chi connectivity index (χ1n) is 3.96. The monoisotopic (exact) mass is 219 g/mol. The van der Waals surface area contributed by atoms with Crippen LogP contribution in [0.25, 0.3) is 0 Å². The highest BCUT2D eigenvalue weighted by Crippen LogP contribution is 2.04. The summed E-state index contributed by atoms with van der Waals surface area (Å²) in [4.78, 5) is 0. The summed E-state index contributed by atoms with van der Waals surface area (Å²) < 4.78 is 27.5. The molecule has 0 unspecified atom stereocenters. The van der Waals surface area contributed by atoms with E-state index in [1.54, 1.807) is 0 Å². The molecule has 1 aliphatic rings. The van der Waals surface area contributed by atoms with E-state index < -0.39 is 10.2 Å². The molecule has 1 aliphatic heterocycles. The van der Waals surface area contributed by atoms with Crippen molar-refractivity contribution >= 4 is 16.0 Å². The maximum absolute atomic E-state index is 11.1. The van der Waals surface area contributed by atoms with Gasteiger partial charge in [0, 0.05) is 6.04 Å². The van der Waals surface area contributed by atoms with Gasteiger partial charge in [-0.25, -0.2) is 4.72 Å². The second kappa shape index (κ2) is 3.37. The number of hydrogen-bond acceptors (Lipinski definition) is 5. The molecule has 0 aromatic heterocycles. The molecule has 0 radical (unpaired) electrons. The maximum atomic E-state index is 11.1. The molecule has 7 nitrogen and oxygen atoms in total. The summed E-state index contributed by atoms with van der Waals surface area (Å²) in [6.45, 7) is 3.69. The van der Waals surface area contributed by atoms with Crippen LogP contribution in [-0.4, -0.2) is 20.3 Å². The first-order chi connectivity index (χ1) is 6.32. The highest BCUT2D eigenvalue weighted by Gasteiger charge is 2.22. The number of rotatable bonds is 2. The predicted octanol–water partition coefficient (Wildman–Crippen LogP) is -1.68. The third kappa shape index (κ3) is 2.28. The highest BCUT2D eigenvalue weighted by atomic mass is 32.2. The third-order valence-corrected chi connectivity index (χ3v) is 2.33. The van der Waals surface area contributed by atoms with E-state index in [1.165, 1.54) is 0 Å². The van der Waals surface area contributed by atoms with Crippen LogP contribution in [0, 0.1) is 0 Å². The van der Waals surface area contributed by atoms with Gasteiger partial charge in [0.1, 0.15) is 11.5 Å². The van der Waals surface area contributed by atoms with E-state index in [-0.39, 0.29) is 23.4 Å². The van der Waals surface area contributed by atoms with E-state index in [0.717, 1.165) is 0 Å². The van der Waals surface area contributed by atoms with Crippen LogP contribution in [0.3, 0.4) is 0 Å². The smallest absolute Gasteiger partial charge is 0.345 e. The van der Waals surface area contributed by atoms with Crippen LogP contribution in [-0.2, 0) is 10.2 Å². The molecule has 1 heterocycles. The summed E-state index contributed by atoms with van der Waals surface area (Å²) in [5.41, 5.74) is 11.0.